The summed E-state index contributed by atoms with van der Waals surface area (Å²) in [5, 5.41) is 0. The largest absolute Gasteiger partial charge is 0.486 e. The highest BCUT2D eigenvalue weighted by atomic mass is 19.1. The van der Waals surface area contributed by atoms with Crippen LogP contribution in [0, 0.1) is 11.6 Å². The van der Waals surface area contributed by atoms with Crippen molar-refractivity contribution in [2.45, 2.75) is 52.0 Å². The van der Waals surface area contributed by atoms with Crippen LogP contribution < -0.4 is 9.64 Å². The minimum atomic E-state index is -0.559. The third-order valence-corrected chi connectivity index (χ3v) is 6.44. The summed E-state index contributed by atoms with van der Waals surface area (Å²) in [4.78, 5) is 10.9. The Morgan fingerprint density at radius 2 is 1.94 bits per heavy atom. The molecule has 32 heavy (non-hydrogen) atoms. The second-order valence-corrected chi connectivity index (χ2v) is 8.86. The zero-order valence-electron chi connectivity index (χ0n) is 18.5. The number of hydrogen-bond acceptors (Lipinski definition) is 4. The molecule has 0 fully saturated rings. The molecule has 2 aromatic carbocycles. The number of aryl methyl sites for hydroxylation is 1. The van der Waals surface area contributed by atoms with Crippen LogP contribution in [0.1, 0.15) is 49.2 Å². The normalized spacial score (nSPS) is 15.3. The van der Waals surface area contributed by atoms with Gasteiger partial charge in [-0.15, -0.1) is 0 Å². The maximum atomic E-state index is 14.9. The van der Waals surface area contributed by atoms with Crippen molar-refractivity contribution in [1.29, 1.82) is 0 Å². The molecule has 0 radical (unpaired) electrons. The molecule has 6 heteroatoms. The highest BCUT2D eigenvalue weighted by Gasteiger charge is 2.26. The summed E-state index contributed by atoms with van der Waals surface area (Å²) in [6.07, 6.45) is 6.28. The van der Waals surface area contributed by atoms with E-state index in [-0.39, 0.29) is 17.5 Å². The highest BCUT2D eigenvalue weighted by molar-refractivity contribution is 5.72. The van der Waals surface area contributed by atoms with Crippen LogP contribution in [-0.4, -0.2) is 29.2 Å². The van der Waals surface area contributed by atoms with E-state index in [0.29, 0.717) is 36.6 Å². The first-order valence-corrected chi connectivity index (χ1v) is 11.4. The van der Waals surface area contributed by atoms with Crippen LogP contribution in [0.3, 0.4) is 0 Å². The summed E-state index contributed by atoms with van der Waals surface area (Å²) in [7, 11) is 0. The molecule has 5 rings (SSSR count). The van der Waals surface area contributed by atoms with E-state index >= 15 is 0 Å². The van der Waals surface area contributed by atoms with Gasteiger partial charge in [0.15, 0.2) is 17.4 Å². The molecule has 2 heterocycles. The smallest absolute Gasteiger partial charge is 0.178 e. The fraction of sp³-hybridized carbons (Fsp3) is 0.385. The number of anilines is 1. The number of rotatable bonds is 4. The first kappa shape index (κ1) is 20.9. The molecule has 1 aromatic heterocycles. The van der Waals surface area contributed by atoms with Gasteiger partial charge in [0.05, 0.1) is 18.4 Å². The predicted molar refractivity (Wildman–Crippen MR) is 121 cm³/mol. The molecule has 4 nitrogen and oxygen atoms in total. The third kappa shape index (κ3) is 3.83. The van der Waals surface area contributed by atoms with E-state index in [1.165, 1.54) is 41.8 Å². The Kier molecular flexibility index (Phi) is 5.53. The minimum Gasteiger partial charge on any atom is -0.486 e. The van der Waals surface area contributed by atoms with E-state index in [4.69, 9.17) is 4.74 Å². The lowest BCUT2D eigenvalue weighted by molar-refractivity contribution is 0.287. The van der Waals surface area contributed by atoms with Crippen LogP contribution in [-0.2, 0) is 19.3 Å². The lowest BCUT2D eigenvalue weighted by Crippen LogP contribution is -2.38. The standard InChI is InChI=1S/C26H27F2N3O/c1-16(2)31-10-11-32-26-21(27)12-19(13-23(26)31)25-22(28)15-29-24(30-25)14-18-8-5-7-17-6-3-4-9-20(17)18/h5,7-8,12-13,15-16H,3-4,6,9-11,14H2,1-2H3. The molecular weight excluding hydrogens is 408 g/mol. The zero-order valence-corrected chi connectivity index (χ0v) is 18.5. The molecule has 166 valence electrons. The quantitative estimate of drug-likeness (QED) is 0.543. The monoisotopic (exact) mass is 435 g/mol. The summed E-state index contributed by atoms with van der Waals surface area (Å²) in [6.45, 7) is 5.17. The Hall–Kier alpha value is -3.02. The van der Waals surface area contributed by atoms with Gasteiger partial charge in [0.1, 0.15) is 18.1 Å². The number of nitrogens with zero attached hydrogens (tertiary/aromatic N) is 3. The van der Waals surface area contributed by atoms with Gasteiger partial charge in [0, 0.05) is 18.0 Å². The van der Waals surface area contributed by atoms with Crippen LogP contribution in [0.15, 0.2) is 36.5 Å². The third-order valence-electron chi connectivity index (χ3n) is 6.44. The van der Waals surface area contributed by atoms with Gasteiger partial charge in [-0.05, 0) is 68.4 Å². The maximum absolute atomic E-state index is 14.9. The fourth-order valence-electron chi connectivity index (χ4n) is 4.86. The number of hydrogen-bond donors (Lipinski definition) is 0. The van der Waals surface area contributed by atoms with Gasteiger partial charge in [-0.3, -0.25) is 0 Å². The number of ether oxygens (including phenoxy) is 1. The van der Waals surface area contributed by atoms with E-state index < -0.39 is 11.6 Å². The van der Waals surface area contributed by atoms with Gasteiger partial charge >= 0.3 is 0 Å². The fourth-order valence-corrected chi connectivity index (χ4v) is 4.86. The molecule has 0 unspecified atom stereocenters. The van der Waals surface area contributed by atoms with Crippen molar-refractivity contribution in [3.05, 3.63) is 70.7 Å². The Bertz CT molecular complexity index is 1160. The topological polar surface area (TPSA) is 38.2 Å². The second-order valence-electron chi connectivity index (χ2n) is 8.86. The van der Waals surface area contributed by atoms with Gasteiger partial charge in [-0.25, -0.2) is 18.7 Å². The Labute approximate surface area is 187 Å². The van der Waals surface area contributed by atoms with Crippen LogP contribution in [0.2, 0.25) is 0 Å². The number of halogens is 2. The number of aromatic nitrogens is 2. The molecule has 0 N–H and O–H groups in total. The van der Waals surface area contributed by atoms with E-state index in [0.717, 1.165) is 12.8 Å². The van der Waals surface area contributed by atoms with E-state index in [1.807, 2.05) is 13.8 Å². The molecule has 0 spiro atoms. The molecule has 1 aliphatic carbocycles. The lowest BCUT2D eigenvalue weighted by Gasteiger charge is -2.34. The van der Waals surface area contributed by atoms with E-state index in [1.54, 1.807) is 6.07 Å². The van der Waals surface area contributed by atoms with Crippen LogP contribution in [0.5, 0.6) is 5.75 Å². The zero-order chi connectivity index (χ0) is 22.2. The first-order valence-electron chi connectivity index (χ1n) is 11.4. The predicted octanol–water partition coefficient (Wildman–Crippen LogP) is 5.50. The van der Waals surface area contributed by atoms with Gasteiger partial charge in [0.25, 0.3) is 0 Å². The van der Waals surface area contributed by atoms with Crippen molar-refractivity contribution in [3.63, 3.8) is 0 Å². The molecule has 3 aromatic rings. The SMILES string of the molecule is CC(C)N1CCOc2c(F)cc(-c3nc(Cc4cccc5c4CCCC5)ncc3F)cc21. The lowest BCUT2D eigenvalue weighted by atomic mass is 9.87. The van der Waals surface area contributed by atoms with Crippen LogP contribution in [0.25, 0.3) is 11.3 Å². The van der Waals surface area contributed by atoms with Crippen LogP contribution >= 0.6 is 0 Å². The van der Waals surface area contributed by atoms with Gasteiger partial charge in [0.2, 0.25) is 0 Å². The average Bonchev–Trinajstić information content (AvgIpc) is 2.80. The molecule has 0 atom stereocenters. The van der Waals surface area contributed by atoms with Gasteiger partial charge < -0.3 is 9.64 Å². The minimum absolute atomic E-state index is 0.121. The van der Waals surface area contributed by atoms with Crippen molar-refractivity contribution in [2.24, 2.45) is 0 Å². The van der Waals surface area contributed by atoms with Crippen molar-refractivity contribution in [2.75, 3.05) is 18.1 Å². The van der Waals surface area contributed by atoms with Crippen molar-refractivity contribution < 1.29 is 13.5 Å². The van der Waals surface area contributed by atoms with Gasteiger partial charge in [-0.2, -0.15) is 0 Å². The summed E-state index contributed by atoms with van der Waals surface area (Å²) < 4.78 is 35.3. The van der Waals surface area contributed by atoms with Crippen molar-refractivity contribution >= 4 is 5.69 Å². The van der Waals surface area contributed by atoms with Crippen molar-refractivity contribution in [3.8, 4) is 17.0 Å². The summed E-state index contributed by atoms with van der Waals surface area (Å²) in [6, 6.07) is 9.62. The molecule has 0 bridgehead atoms. The average molecular weight is 436 g/mol. The summed E-state index contributed by atoms with van der Waals surface area (Å²) >= 11 is 0. The summed E-state index contributed by atoms with van der Waals surface area (Å²) in [5.41, 5.74) is 5.11. The molecule has 0 amide bonds. The molecule has 1 aliphatic heterocycles. The number of benzene rings is 2. The maximum Gasteiger partial charge on any atom is 0.178 e. The Balaban J connectivity index is 1.53. The Morgan fingerprint density at radius 3 is 2.78 bits per heavy atom. The molecule has 0 saturated heterocycles. The van der Waals surface area contributed by atoms with E-state index in [9.17, 15) is 8.78 Å². The molecule has 0 saturated carbocycles. The highest BCUT2D eigenvalue weighted by Crippen LogP contribution is 2.39. The van der Waals surface area contributed by atoms with Crippen LogP contribution in [0.4, 0.5) is 14.5 Å². The number of fused-ring (bicyclic) bond motifs is 2. The molecule has 2 aliphatic rings. The molecular formula is C26H27F2N3O. The Morgan fingerprint density at radius 1 is 1.09 bits per heavy atom. The first-order chi connectivity index (χ1) is 15.5. The second kappa shape index (κ2) is 8.49. The van der Waals surface area contributed by atoms with Gasteiger partial charge in [-0.1, -0.05) is 18.2 Å². The van der Waals surface area contributed by atoms with E-state index in [2.05, 4.69) is 33.1 Å². The van der Waals surface area contributed by atoms with Crippen molar-refractivity contribution in [1.82, 2.24) is 9.97 Å². The summed E-state index contributed by atoms with van der Waals surface area (Å²) in [5.74, 6) is -0.301.